The van der Waals surface area contributed by atoms with Crippen molar-refractivity contribution in [3.63, 3.8) is 0 Å². The third kappa shape index (κ3) is 4.46. The minimum absolute atomic E-state index is 0.172. The van der Waals surface area contributed by atoms with Crippen molar-refractivity contribution in [2.45, 2.75) is 31.3 Å². The molecule has 28 heavy (non-hydrogen) atoms. The molecule has 2 aromatic carbocycles. The number of hydrazone groups is 1. The van der Waals surface area contributed by atoms with Crippen LogP contribution in [-0.4, -0.2) is 35.4 Å². The normalized spacial score (nSPS) is 25.9. The van der Waals surface area contributed by atoms with Gasteiger partial charge in [-0.2, -0.15) is 5.10 Å². The van der Waals surface area contributed by atoms with Crippen molar-refractivity contribution in [2.24, 2.45) is 11.0 Å². The van der Waals surface area contributed by atoms with Crippen molar-refractivity contribution < 1.29 is 19.4 Å². The van der Waals surface area contributed by atoms with E-state index in [1.807, 2.05) is 36.4 Å². The second kappa shape index (κ2) is 8.35. The summed E-state index contributed by atoms with van der Waals surface area (Å²) in [6.07, 6.45) is 0.563. The Morgan fingerprint density at radius 2 is 1.71 bits per heavy atom. The van der Waals surface area contributed by atoms with Crippen LogP contribution < -0.4 is 5.43 Å². The van der Waals surface area contributed by atoms with Gasteiger partial charge in [0.2, 0.25) is 0 Å². The molecule has 0 heterocycles. The van der Waals surface area contributed by atoms with E-state index in [0.717, 1.165) is 5.56 Å². The van der Waals surface area contributed by atoms with Crippen LogP contribution in [0.15, 0.2) is 65.8 Å². The molecule has 0 bridgehead atoms. The van der Waals surface area contributed by atoms with E-state index in [-0.39, 0.29) is 18.2 Å². The molecular formula is C22H24N2O4. The highest BCUT2D eigenvalue weighted by Crippen LogP contribution is 2.41. The number of carbonyl (C=O) groups is 2. The van der Waals surface area contributed by atoms with Gasteiger partial charge in [-0.25, -0.2) is 5.43 Å². The van der Waals surface area contributed by atoms with Gasteiger partial charge in [0.1, 0.15) is 5.92 Å². The Morgan fingerprint density at radius 1 is 1.11 bits per heavy atom. The Kier molecular flexibility index (Phi) is 5.90. The molecule has 6 heteroatoms. The number of benzene rings is 2. The predicted octanol–water partition coefficient (Wildman–Crippen LogP) is 2.89. The van der Waals surface area contributed by atoms with Crippen LogP contribution in [0.3, 0.4) is 0 Å². The van der Waals surface area contributed by atoms with E-state index in [2.05, 4.69) is 10.5 Å². The molecule has 0 aliphatic heterocycles. The minimum Gasteiger partial charge on any atom is -0.468 e. The van der Waals surface area contributed by atoms with Gasteiger partial charge >= 0.3 is 5.97 Å². The number of nitrogens with zero attached hydrogens (tertiary/aromatic N) is 1. The van der Waals surface area contributed by atoms with Gasteiger partial charge < -0.3 is 9.84 Å². The van der Waals surface area contributed by atoms with Crippen LogP contribution in [0.5, 0.6) is 0 Å². The van der Waals surface area contributed by atoms with E-state index in [9.17, 15) is 14.7 Å². The summed E-state index contributed by atoms with van der Waals surface area (Å²) < 4.78 is 5.02. The molecule has 0 spiro atoms. The summed E-state index contributed by atoms with van der Waals surface area (Å²) in [7, 11) is 1.33. The summed E-state index contributed by atoms with van der Waals surface area (Å²) >= 11 is 0. The molecule has 0 unspecified atom stereocenters. The van der Waals surface area contributed by atoms with Gasteiger partial charge in [-0.15, -0.1) is 0 Å². The van der Waals surface area contributed by atoms with Gasteiger partial charge in [0.15, 0.2) is 0 Å². The predicted molar refractivity (Wildman–Crippen MR) is 106 cm³/mol. The lowest BCUT2D eigenvalue weighted by Gasteiger charge is -2.39. The number of methoxy groups -OCH3 is 1. The fourth-order valence-corrected chi connectivity index (χ4v) is 3.72. The maximum atomic E-state index is 12.6. The molecule has 3 rings (SSSR count). The molecule has 2 aromatic rings. The number of hydrogen-bond acceptors (Lipinski definition) is 5. The quantitative estimate of drug-likeness (QED) is 0.631. The average Bonchev–Trinajstić information content (AvgIpc) is 2.71. The van der Waals surface area contributed by atoms with E-state index in [4.69, 9.17) is 4.74 Å². The van der Waals surface area contributed by atoms with Crippen LogP contribution in [0.4, 0.5) is 0 Å². The monoisotopic (exact) mass is 380 g/mol. The second-order valence-electron chi connectivity index (χ2n) is 7.31. The molecule has 1 aliphatic carbocycles. The first-order valence-electron chi connectivity index (χ1n) is 9.18. The van der Waals surface area contributed by atoms with E-state index in [1.165, 1.54) is 7.11 Å². The van der Waals surface area contributed by atoms with Gasteiger partial charge in [0.25, 0.3) is 5.91 Å². The van der Waals surface area contributed by atoms with Crippen molar-refractivity contribution in [3.05, 3.63) is 71.8 Å². The summed E-state index contributed by atoms with van der Waals surface area (Å²) in [5.41, 5.74) is 3.25. The van der Waals surface area contributed by atoms with E-state index >= 15 is 0 Å². The highest BCUT2D eigenvalue weighted by molar-refractivity contribution is 6.05. The zero-order chi connectivity index (χ0) is 20.1. The molecular weight excluding hydrogens is 356 g/mol. The first-order valence-corrected chi connectivity index (χ1v) is 9.18. The molecule has 6 nitrogen and oxygen atoms in total. The number of esters is 1. The third-order valence-electron chi connectivity index (χ3n) is 5.00. The molecule has 3 atom stereocenters. The maximum absolute atomic E-state index is 12.6. The van der Waals surface area contributed by atoms with Gasteiger partial charge in [0.05, 0.1) is 18.4 Å². The van der Waals surface area contributed by atoms with Crippen LogP contribution in [0.2, 0.25) is 0 Å². The van der Waals surface area contributed by atoms with Gasteiger partial charge in [-0.05, 0) is 31.0 Å². The third-order valence-corrected chi connectivity index (χ3v) is 5.00. The first-order chi connectivity index (χ1) is 13.4. The van der Waals surface area contributed by atoms with E-state index < -0.39 is 17.5 Å². The van der Waals surface area contributed by atoms with E-state index in [1.54, 1.807) is 31.2 Å². The highest BCUT2D eigenvalue weighted by Gasteiger charge is 2.45. The first kappa shape index (κ1) is 19.8. The Labute approximate surface area is 164 Å². The Hall–Kier alpha value is -2.99. The number of rotatable bonds is 4. The lowest BCUT2D eigenvalue weighted by Crippen LogP contribution is -2.46. The summed E-state index contributed by atoms with van der Waals surface area (Å²) in [6.45, 7) is 1.71. The molecule has 0 aromatic heterocycles. The number of amides is 1. The smallest absolute Gasteiger partial charge is 0.315 e. The van der Waals surface area contributed by atoms with Crippen LogP contribution in [0.25, 0.3) is 0 Å². The molecule has 146 valence electrons. The van der Waals surface area contributed by atoms with Gasteiger partial charge in [-0.1, -0.05) is 48.5 Å². The Balaban J connectivity index is 1.94. The molecule has 2 N–H and O–H groups in total. The topological polar surface area (TPSA) is 88.0 Å². The molecule has 1 aliphatic rings. The lowest BCUT2D eigenvalue weighted by molar-refractivity contribution is -0.144. The van der Waals surface area contributed by atoms with Crippen molar-refractivity contribution in [2.75, 3.05) is 7.11 Å². The zero-order valence-corrected chi connectivity index (χ0v) is 16.0. The van der Waals surface area contributed by atoms with Crippen LogP contribution in [0.1, 0.15) is 41.6 Å². The molecule has 1 fully saturated rings. The van der Waals surface area contributed by atoms with Crippen molar-refractivity contribution in [1.29, 1.82) is 0 Å². The summed E-state index contributed by atoms with van der Waals surface area (Å²) in [5.74, 6) is -1.79. The van der Waals surface area contributed by atoms with Crippen LogP contribution in [-0.2, 0) is 9.53 Å². The summed E-state index contributed by atoms with van der Waals surface area (Å²) in [6, 6.07) is 18.2. The highest BCUT2D eigenvalue weighted by atomic mass is 16.5. The maximum Gasteiger partial charge on any atom is 0.315 e. The average molecular weight is 380 g/mol. The number of aliphatic hydroxyl groups is 1. The van der Waals surface area contributed by atoms with Crippen LogP contribution in [0, 0.1) is 5.92 Å². The number of carbonyl (C=O) groups excluding carboxylic acids is 2. The SMILES string of the molecule is COC(=O)[C@@H]1/C(=N\NC(=O)c2ccccc2)C[C@](C)(O)C[C@@H]1c1ccccc1. The fraction of sp³-hybridized carbons (Fsp3) is 0.318. The minimum atomic E-state index is -1.05. The van der Waals surface area contributed by atoms with Gasteiger partial charge in [-0.3, -0.25) is 9.59 Å². The largest absolute Gasteiger partial charge is 0.468 e. The Bertz CT molecular complexity index is 863. The molecule has 0 radical (unpaired) electrons. The Morgan fingerprint density at radius 3 is 2.32 bits per heavy atom. The lowest BCUT2D eigenvalue weighted by atomic mass is 9.68. The fourth-order valence-electron chi connectivity index (χ4n) is 3.72. The van der Waals surface area contributed by atoms with Crippen molar-refractivity contribution in [1.82, 2.24) is 5.43 Å². The van der Waals surface area contributed by atoms with Crippen LogP contribution >= 0.6 is 0 Å². The standard InChI is InChI=1S/C22H24N2O4/c1-22(27)13-17(15-9-5-3-6-10-15)19(21(26)28-2)18(14-22)23-24-20(25)16-11-7-4-8-12-16/h3-12,17,19,27H,13-14H2,1-2H3,(H,24,25)/b23-18-/t17-,19+,22-/m1/s1. The number of nitrogens with one attached hydrogen (secondary N) is 1. The molecule has 1 amide bonds. The molecule has 1 saturated carbocycles. The van der Waals surface area contributed by atoms with E-state index in [0.29, 0.717) is 17.7 Å². The van der Waals surface area contributed by atoms with Crippen molar-refractivity contribution in [3.8, 4) is 0 Å². The van der Waals surface area contributed by atoms with Gasteiger partial charge in [0, 0.05) is 17.9 Å². The number of hydrogen-bond donors (Lipinski definition) is 2. The summed E-state index contributed by atoms with van der Waals surface area (Å²) in [5, 5.41) is 15.0. The number of ether oxygens (including phenoxy) is 1. The second-order valence-corrected chi connectivity index (χ2v) is 7.31. The summed E-state index contributed by atoms with van der Waals surface area (Å²) in [4.78, 5) is 24.9. The zero-order valence-electron chi connectivity index (χ0n) is 16.0. The van der Waals surface area contributed by atoms with Crippen molar-refractivity contribution >= 4 is 17.6 Å². The molecule has 0 saturated heterocycles.